The second-order valence-corrected chi connectivity index (χ2v) is 6.90. The summed E-state index contributed by atoms with van der Waals surface area (Å²) >= 11 is 0. The lowest BCUT2D eigenvalue weighted by atomic mass is 9.82. The maximum atomic E-state index is 6.22. The van der Waals surface area contributed by atoms with Gasteiger partial charge in [-0.2, -0.15) is 5.10 Å². The van der Waals surface area contributed by atoms with Gasteiger partial charge in [0.25, 0.3) is 0 Å². The van der Waals surface area contributed by atoms with Crippen molar-refractivity contribution < 1.29 is 4.74 Å². The summed E-state index contributed by atoms with van der Waals surface area (Å²) in [4.78, 5) is 2.67. The molecule has 0 radical (unpaired) electrons. The number of nitrogens with zero attached hydrogens (tertiary/aromatic N) is 3. The van der Waals surface area contributed by atoms with E-state index in [9.17, 15) is 0 Å². The van der Waals surface area contributed by atoms with E-state index in [0.717, 1.165) is 45.0 Å². The van der Waals surface area contributed by atoms with Crippen LogP contribution in [-0.2, 0) is 17.8 Å². The fraction of sp³-hybridized carbons (Fsp3) is 0.812. The van der Waals surface area contributed by atoms with E-state index in [1.165, 1.54) is 31.4 Å². The van der Waals surface area contributed by atoms with Gasteiger partial charge in [0, 0.05) is 25.7 Å². The van der Waals surface area contributed by atoms with Crippen molar-refractivity contribution >= 4 is 24.8 Å². The quantitative estimate of drug-likeness (QED) is 0.830. The lowest BCUT2D eigenvalue weighted by molar-refractivity contribution is -0.123. The van der Waals surface area contributed by atoms with E-state index in [0.29, 0.717) is 6.04 Å². The summed E-state index contributed by atoms with van der Waals surface area (Å²) in [5, 5.41) is 8.03. The predicted octanol–water partition coefficient (Wildman–Crippen LogP) is 2.15. The Morgan fingerprint density at radius 1 is 1.26 bits per heavy atom. The molecule has 0 amide bonds. The Balaban J connectivity index is 0.000000960. The molecular formula is C16H28Cl2N4O. The second-order valence-electron chi connectivity index (χ2n) is 6.90. The van der Waals surface area contributed by atoms with Gasteiger partial charge in [0.05, 0.1) is 23.5 Å². The molecular weight excluding hydrogens is 335 g/mol. The molecule has 4 heterocycles. The predicted molar refractivity (Wildman–Crippen MR) is 95.7 cm³/mol. The Morgan fingerprint density at radius 2 is 2.04 bits per heavy atom. The van der Waals surface area contributed by atoms with E-state index in [4.69, 9.17) is 4.74 Å². The molecule has 5 nitrogen and oxygen atoms in total. The highest BCUT2D eigenvalue weighted by Crippen LogP contribution is 2.35. The Labute approximate surface area is 150 Å². The van der Waals surface area contributed by atoms with E-state index in [2.05, 4.69) is 33.0 Å². The summed E-state index contributed by atoms with van der Waals surface area (Å²) in [5.41, 5.74) is 2.68. The minimum atomic E-state index is 0. The van der Waals surface area contributed by atoms with Gasteiger partial charge in [-0.3, -0.25) is 9.58 Å². The van der Waals surface area contributed by atoms with Gasteiger partial charge in [-0.05, 0) is 51.8 Å². The summed E-state index contributed by atoms with van der Waals surface area (Å²) in [5.74, 6) is 0. The van der Waals surface area contributed by atoms with Gasteiger partial charge in [0.15, 0.2) is 0 Å². The van der Waals surface area contributed by atoms with Crippen LogP contribution in [-0.4, -0.2) is 52.6 Å². The molecule has 3 aliphatic heterocycles. The number of aromatic nitrogens is 2. The zero-order valence-corrected chi connectivity index (χ0v) is 15.4. The first-order valence-electron chi connectivity index (χ1n) is 8.36. The molecule has 2 fully saturated rings. The zero-order chi connectivity index (χ0) is 14.3. The fourth-order valence-corrected chi connectivity index (χ4v) is 4.29. The highest BCUT2D eigenvalue weighted by Gasteiger charge is 2.40. The van der Waals surface area contributed by atoms with Gasteiger partial charge in [-0.1, -0.05) is 0 Å². The number of fused-ring (bicyclic) bond motifs is 1. The summed E-state index contributed by atoms with van der Waals surface area (Å²) in [6.07, 6.45) is 4.74. The van der Waals surface area contributed by atoms with Gasteiger partial charge in [0.2, 0.25) is 0 Å². The molecule has 0 bridgehead atoms. The standard InChI is InChI=1S/C16H26N4O.2ClH/c1-13-10-15-12-19(7-8-20(15)18-13)14-2-9-21-16(11-14)3-5-17-6-4-16;;/h10,14,17H,2-9,11-12H2,1H3;2*1H. The van der Waals surface area contributed by atoms with Crippen molar-refractivity contribution in [2.24, 2.45) is 0 Å². The topological polar surface area (TPSA) is 42.3 Å². The Kier molecular flexibility index (Phi) is 6.36. The molecule has 1 N–H and O–H groups in total. The minimum absolute atomic E-state index is 0. The first-order valence-corrected chi connectivity index (χ1v) is 8.36. The molecule has 23 heavy (non-hydrogen) atoms. The fourth-order valence-electron chi connectivity index (χ4n) is 4.29. The van der Waals surface area contributed by atoms with Crippen molar-refractivity contribution in [2.45, 2.75) is 57.3 Å². The number of halogens is 2. The Bertz CT molecular complexity index is 511. The van der Waals surface area contributed by atoms with Gasteiger partial charge in [-0.15, -0.1) is 24.8 Å². The van der Waals surface area contributed by atoms with Crippen molar-refractivity contribution in [2.75, 3.05) is 26.2 Å². The van der Waals surface area contributed by atoms with Crippen LogP contribution in [0.25, 0.3) is 0 Å². The first kappa shape index (κ1) is 19.0. The average Bonchev–Trinajstić information content (AvgIpc) is 2.87. The van der Waals surface area contributed by atoms with Crippen molar-refractivity contribution in [3.05, 3.63) is 17.5 Å². The van der Waals surface area contributed by atoms with Crippen LogP contribution >= 0.6 is 24.8 Å². The van der Waals surface area contributed by atoms with Crippen molar-refractivity contribution in [3.63, 3.8) is 0 Å². The van der Waals surface area contributed by atoms with Crippen molar-refractivity contribution in [1.82, 2.24) is 20.0 Å². The average molecular weight is 363 g/mol. The number of hydrogen-bond acceptors (Lipinski definition) is 4. The van der Waals surface area contributed by atoms with Crippen molar-refractivity contribution in [1.29, 1.82) is 0 Å². The highest BCUT2D eigenvalue weighted by molar-refractivity contribution is 5.85. The number of piperidine rings is 1. The second kappa shape index (κ2) is 7.70. The van der Waals surface area contributed by atoms with Crippen LogP contribution in [0.15, 0.2) is 6.07 Å². The smallest absolute Gasteiger partial charge is 0.0721 e. The van der Waals surface area contributed by atoms with E-state index >= 15 is 0 Å². The molecule has 132 valence electrons. The normalized spacial score (nSPS) is 26.9. The molecule has 7 heteroatoms. The zero-order valence-electron chi connectivity index (χ0n) is 13.8. The SMILES string of the molecule is Cc1cc2n(n1)CCN(C1CCOC3(CCNCC3)C1)C2.Cl.Cl. The molecule has 1 aromatic heterocycles. The third-order valence-corrected chi connectivity index (χ3v) is 5.45. The van der Waals surface area contributed by atoms with Crippen LogP contribution in [0.5, 0.6) is 0 Å². The molecule has 1 unspecified atom stereocenters. The molecule has 0 aromatic carbocycles. The Morgan fingerprint density at radius 3 is 2.83 bits per heavy atom. The maximum Gasteiger partial charge on any atom is 0.0721 e. The van der Waals surface area contributed by atoms with Crippen LogP contribution in [0.1, 0.15) is 37.1 Å². The van der Waals surface area contributed by atoms with E-state index < -0.39 is 0 Å². The summed E-state index contributed by atoms with van der Waals surface area (Å²) in [6.45, 7) is 8.47. The molecule has 4 rings (SSSR count). The van der Waals surface area contributed by atoms with E-state index in [1.54, 1.807) is 0 Å². The van der Waals surface area contributed by atoms with Crippen LogP contribution in [0, 0.1) is 6.92 Å². The van der Waals surface area contributed by atoms with Crippen LogP contribution < -0.4 is 5.32 Å². The number of nitrogens with one attached hydrogen (secondary N) is 1. The third kappa shape index (κ3) is 3.85. The van der Waals surface area contributed by atoms with Crippen LogP contribution in [0.3, 0.4) is 0 Å². The minimum Gasteiger partial charge on any atom is -0.375 e. The largest absolute Gasteiger partial charge is 0.375 e. The monoisotopic (exact) mass is 362 g/mol. The van der Waals surface area contributed by atoms with Gasteiger partial charge in [-0.25, -0.2) is 0 Å². The van der Waals surface area contributed by atoms with Crippen LogP contribution in [0.2, 0.25) is 0 Å². The number of hydrogen-bond donors (Lipinski definition) is 1. The lowest BCUT2D eigenvalue weighted by Gasteiger charge is -2.47. The maximum absolute atomic E-state index is 6.22. The Hall–Kier alpha value is -0.330. The van der Waals surface area contributed by atoms with Gasteiger partial charge >= 0.3 is 0 Å². The highest BCUT2D eigenvalue weighted by atomic mass is 35.5. The molecule has 3 aliphatic rings. The summed E-state index contributed by atoms with van der Waals surface area (Å²) in [7, 11) is 0. The molecule has 2 saturated heterocycles. The molecule has 0 aliphatic carbocycles. The molecule has 1 aromatic rings. The molecule has 1 atom stereocenters. The van der Waals surface area contributed by atoms with E-state index in [-0.39, 0.29) is 30.4 Å². The summed E-state index contributed by atoms with van der Waals surface area (Å²) in [6, 6.07) is 2.92. The third-order valence-electron chi connectivity index (χ3n) is 5.45. The molecule has 0 saturated carbocycles. The van der Waals surface area contributed by atoms with Gasteiger partial charge < -0.3 is 10.1 Å². The van der Waals surface area contributed by atoms with Crippen molar-refractivity contribution in [3.8, 4) is 0 Å². The number of ether oxygens (including phenoxy) is 1. The summed E-state index contributed by atoms with van der Waals surface area (Å²) < 4.78 is 8.40. The first-order chi connectivity index (χ1) is 10.2. The van der Waals surface area contributed by atoms with Gasteiger partial charge in [0.1, 0.15) is 0 Å². The lowest BCUT2D eigenvalue weighted by Crippen LogP contribution is -2.54. The van der Waals surface area contributed by atoms with Crippen LogP contribution in [0.4, 0.5) is 0 Å². The number of rotatable bonds is 1. The number of aryl methyl sites for hydroxylation is 1. The molecule has 1 spiro atoms. The van der Waals surface area contributed by atoms with E-state index in [1.807, 2.05) is 0 Å².